The van der Waals surface area contributed by atoms with E-state index in [1.807, 2.05) is 12.1 Å². The molecular formula is C23H20F3N5O. The van der Waals surface area contributed by atoms with Gasteiger partial charge >= 0.3 is 0 Å². The van der Waals surface area contributed by atoms with Crippen molar-refractivity contribution in [1.29, 1.82) is 0 Å². The third kappa shape index (κ3) is 4.05. The van der Waals surface area contributed by atoms with Crippen molar-refractivity contribution in [1.82, 2.24) is 19.9 Å². The van der Waals surface area contributed by atoms with E-state index in [-0.39, 0.29) is 5.56 Å². The zero-order valence-corrected chi connectivity index (χ0v) is 17.6. The quantitative estimate of drug-likeness (QED) is 0.418. The second kappa shape index (κ2) is 8.78. The lowest BCUT2D eigenvalue weighted by atomic mass is 10.0. The molecule has 1 aromatic carbocycles. The van der Waals surface area contributed by atoms with E-state index in [4.69, 9.17) is 4.74 Å². The maximum absolute atomic E-state index is 14.7. The average Bonchev–Trinajstić information content (AvgIpc) is 2.78. The third-order valence-electron chi connectivity index (χ3n) is 5.05. The number of benzene rings is 1. The van der Waals surface area contributed by atoms with Crippen molar-refractivity contribution in [2.75, 3.05) is 12.4 Å². The van der Waals surface area contributed by atoms with Gasteiger partial charge in [0.1, 0.15) is 17.5 Å². The monoisotopic (exact) mass is 439 g/mol. The fourth-order valence-electron chi connectivity index (χ4n) is 3.51. The highest BCUT2D eigenvalue weighted by Crippen LogP contribution is 2.33. The Kier molecular flexibility index (Phi) is 5.89. The van der Waals surface area contributed by atoms with E-state index in [9.17, 15) is 13.2 Å². The highest BCUT2D eigenvalue weighted by atomic mass is 19.3. The molecule has 32 heavy (non-hydrogen) atoms. The van der Waals surface area contributed by atoms with E-state index in [1.54, 1.807) is 32.3 Å². The first-order valence-corrected chi connectivity index (χ1v) is 9.85. The summed E-state index contributed by atoms with van der Waals surface area (Å²) in [5.41, 5.74) is 1.40. The summed E-state index contributed by atoms with van der Waals surface area (Å²) in [5, 5.41) is 3.73. The largest absolute Gasteiger partial charge is 0.481 e. The van der Waals surface area contributed by atoms with Gasteiger partial charge in [0.25, 0.3) is 6.43 Å². The molecular weight excluding hydrogens is 419 g/mol. The summed E-state index contributed by atoms with van der Waals surface area (Å²) >= 11 is 0. The van der Waals surface area contributed by atoms with Gasteiger partial charge in [-0.05, 0) is 32.0 Å². The number of hydrogen-bond acceptors (Lipinski definition) is 6. The van der Waals surface area contributed by atoms with Gasteiger partial charge in [-0.3, -0.25) is 0 Å². The Balaban J connectivity index is 1.78. The highest BCUT2D eigenvalue weighted by molar-refractivity contribution is 5.90. The number of alkyl halides is 2. The van der Waals surface area contributed by atoms with E-state index in [2.05, 4.69) is 25.3 Å². The van der Waals surface area contributed by atoms with Gasteiger partial charge in [-0.2, -0.15) is 0 Å². The zero-order chi connectivity index (χ0) is 22.8. The number of aryl methyl sites for hydroxylation is 1. The molecule has 0 aliphatic rings. The van der Waals surface area contributed by atoms with Gasteiger partial charge in [0.05, 0.1) is 24.1 Å². The number of ether oxygens (including phenoxy) is 1. The number of nitrogens with zero attached hydrogens (tertiary/aromatic N) is 4. The minimum Gasteiger partial charge on any atom is -0.481 e. The fourth-order valence-corrected chi connectivity index (χ4v) is 3.51. The van der Waals surface area contributed by atoms with Crippen molar-refractivity contribution in [3.8, 4) is 17.0 Å². The van der Waals surface area contributed by atoms with Crippen LogP contribution in [0.15, 0.2) is 48.8 Å². The molecule has 3 aromatic heterocycles. The number of rotatable bonds is 6. The Labute approximate surface area is 182 Å². The Bertz CT molecular complexity index is 1280. The number of methoxy groups -OCH3 is 1. The first-order valence-electron chi connectivity index (χ1n) is 9.85. The molecule has 1 N–H and O–H groups in total. The van der Waals surface area contributed by atoms with Crippen LogP contribution in [0, 0.1) is 12.7 Å². The molecule has 0 saturated carbocycles. The lowest BCUT2D eigenvalue weighted by molar-refractivity contribution is 0.146. The summed E-state index contributed by atoms with van der Waals surface area (Å²) in [4.78, 5) is 17.5. The molecule has 0 spiro atoms. The summed E-state index contributed by atoms with van der Waals surface area (Å²) in [6.07, 6.45) is 0.387. The second-order valence-electron chi connectivity index (χ2n) is 7.19. The molecule has 0 bridgehead atoms. The van der Waals surface area contributed by atoms with E-state index < -0.39 is 23.8 Å². The minimum absolute atomic E-state index is 0.116. The van der Waals surface area contributed by atoms with Gasteiger partial charge in [0.15, 0.2) is 5.65 Å². The molecule has 0 aliphatic carbocycles. The summed E-state index contributed by atoms with van der Waals surface area (Å²) in [6.45, 7) is 3.39. The first kappa shape index (κ1) is 21.5. The van der Waals surface area contributed by atoms with Crippen molar-refractivity contribution < 1.29 is 17.9 Å². The van der Waals surface area contributed by atoms with Crippen molar-refractivity contribution in [3.63, 3.8) is 0 Å². The third-order valence-corrected chi connectivity index (χ3v) is 5.05. The molecule has 0 amide bonds. The van der Waals surface area contributed by atoms with Crippen LogP contribution in [0.3, 0.4) is 0 Å². The van der Waals surface area contributed by atoms with Crippen LogP contribution in [0.2, 0.25) is 0 Å². The molecule has 0 aliphatic heterocycles. The molecule has 6 nitrogen and oxygen atoms in total. The Morgan fingerprint density at radius 1 is 1.03 bits per heavy atom. The highest BCUT2D eigenvalue weighted by Gasteiger charge is 2.21. The number of fused-ring (bicyclic) bond motifs is 1. The molecule has 0 fully saturated rings. The van der Waals surface area contributed by atoms with Crippen LogP contribution in [-0.2, 0) is 0 Å². The van der Waals surface area contributed by atoms with Crippen LogP contribution in [-0.4, -0.2) is 27.0 Å². The van der Waals surface area contributed by atoms with E-state index in [0.717, 1.165) is 17.2 Å². The molecule has 0 unspecified atom stereocenters. The molecule has 9 heteroatoms. The number of nitrogens with one attached hydrogen (secondary N) is 1. The van der Waals surface area contributed by atoms with E-state index in [1.165, 1.54) is 19.2 Å². The van der Waals surface area contributed by atoms with Crippen molar-refractivity contribution >= 4 is 16.9 Å². The molecule has 0 saturated heterocycles. The molecule has 3 heterocycles. The molecule has 1 atom stereocenters. The number of halogens is 3. The SMILES string of the molecule is COc1ncccc1-c1cnc2nc(C)nc(N[C@H](C)c3cccc(C(F)F)c3F)c2c1. The van der Waals surface area contributed by atoms with E-state index in [0.29, 0.717) is 28.6 Å². The van der Waals surface area contributed by atoms with Gasteiger partial charge in [0.2, 0.25) is 5.88 Å². The average molecular weight is 439 g/mol. The standard InChI is InChI=1S/C23H20F3N5O/c1-12(15-6-4-7-17(19(15)24)20(25)26)29-22-18-10-14(11-28-21(18)30-13(2)31-22)16-8-5-9-27-23(16)32-3/h4-12,20H,1-3H3,(H,28,29,30,31)/t12-/m1/s1. The van der Waals surface area contributed by atoms with Crippen molar-refractivity contribution in [3.05, 3.63) is 71.6 Å². The Morgan fingerprint density at radius 3 is 2.56 bits per heavy atom. The number of anilines is 1. The molecule has 0 radical (unpaired) electrons. The van der Waals surface area contributed by atoms with Gasteiger partial charge in [-0.15, -0.1) is 0 Å². The van der Waals surface area contributed by atoms with Gasteiger partial charge in [-0.25, -0.2) is 33.1 Å². The number of pyridine rings is 2. The first-order chi connectivity index (χ1) is 15.4. The van der Waals surface area contributed by atoms with Gasteiger partial charge in [0, 0.05) is 29.1 Å². The van der Waals surface area contributed by atoms with Crippen LogP contribution < -0.4 is 10.1 Å². The van der Waals surface area contributed by atoms with Gasteiger partial charge in [-0.1, -0.05) is 18.2 Å². The van der Waals surface area contributed by atoms with E-state index >= 15 is 0 Å². The van der Waals surface area contributed by atoms with Crippen LogP contribution >= 0.6 is 0 Å². The molecule has 4 rings (SSSR count). The summed E-state index contributed by atoms with van der Waals surface area (Å²) in [6, 6.07) is 8.80. The van der Waals surface area contributed by atoms with Crippen molar-refractivity contribution in [2.24, 2.45) is 0 Å². The fraction of sp³-hybridized carbons (Fsp3) is 0.217. The zero-order valence-electron chi connectivity index (χ0n) is 17.6. The smallest absolute Gasteiger partial charge is 0.266 e. The maximum atomic E-state index is 14.7. The summed E-state index contributed by atoms with van der Waals surface area (Å²) in [5.74, 6) is 0.388. The second-order valence-corrected chi connectivity index (χ2v) is 7.19. The van der Waals surface area contributed by atoms with Crippen LogP contribution in [0.5, 0.6) is 5.88 Å². The van der Waals surface area contributed by atoms with Crippen LogP contribution in [0.25, 0.3) is 22.2 Å². The predicted octanol–water partition coefficient (Wildman–Crippen LogP) is 5.65. The Morgan fingerprint density at radius 2 is 1.81 bits per heavy atom. The summed E-state index contributed by atoms with van der Waals surface area (Å²) < 4.78 is 46.2. The number of aromatic nitrogens is 4. The topological polar surface area (TPSA) is 72.8 Å². The number of hydrogen-bond donors (Lipinski definition) is 1. The molecule has 164 valence electrons. The van der Waals surface area contributed by atoms with Crippen molar-refractivity contribution in [2.45, 2.75) is 26.3 Å². The Hall–Kier alpha value is -3.75. The lowest BCUT2D eigenvalue weighted by Gasteiger charge is -2.18. The minimum atomic E-state index is -2.90. The maximum Gasteiger partial charge on any atom is 0.266 e. The van der Waals surface area contributed by atoms with Gasteiger partial charge < -0.3 is 10.1 Å². The normalized spacial score (nSPS) is 12.2. The van der Waals surface area contributed by atoms with Crippen LogP contribution in [0.4, 0.5) is 19.0 Å². The molecule has 4 aromatic rings. The summed E-state index contributed by atoms with van der Waals surface area (Å²) in [7, 11) is 1.53. The lowest BCUT2D eigenvalue weighted by Crippen LogP contribution is -2.12. The van der Waals surface area contributed by atoms with Crippen LogP contribution in [0.1, 0.15) is 36.3 Å². The predicted molar refractivity (Wildman–Crippen MR) is 115 cm³/mol.